The van der Waals surface area contributed by atoms with Crippen LogP contribution in [0.4, 0.5) is 0 Å². The molecule has 1 aromatic rings. The SMILES string of the molecule is O=C(CC[C@H]1CN(Cc2ccccc2Cl)CC[C@H]1N1CCOCC1)N1CCCC1. The van der Waals surface area contributed by atoms with Crippen molar-refractivity contribution in [1.29, 1.82) is 0 Å². The molecule has 3 aliphatic rings. The third-order valence-corrected chi connectivity index (χ3v) is 7.20. The molecule has 0 bridgehead atoms. The first-order valence-electron chi connectivity index (χ1n) is 11.3. The van der Waals surface area contributed by atoms with Crippen molar-refractivity contribution in [3.8, 4) is 0 Å². The Kier molecular flexibility index (Phi) is 7.46. The number of morpholine rings is 1. The van der Waals surface area contributed by atoms with E-state index in [9.17, 15) is 4.79 Å². The molecule has 160 valence electrons. The molecular weight excluding hydrogens is 386 g/mol. The highest BCUT2D eigenvalue weighted by atomic mass is 35.5. The molecule has 3 aliphatic heterocycles. The number of piperidine rings is 1. The lowest BCUT2D eigenvalue weighted by molar-refractivity contribution is -0.130. The number of ether oxygens (including phenoxy) is 1. The molecule has 1 amide bonds. The van der Waals surface area contributed by atoms with Crippen LogP contribution in [0.1, 0.15) is 37.7 Å². The van der Waals surface area contributed by atoms with E-state index in [0.717, 1.165) is 89.7 Å². The fraction of sp³-hybridized carbons (Fsp3) is 0.696. The molecule has 0 radical (unpaired) electrons. The van der Waals surface area contributed by atoms with Gasteiger partial charge in [0.2, 0.25) is 5.91 Å². The van der Waals surface area contributed by atoms with E-state index in [1.54, 1.807) is 0 Å². The van der Waals surface area contributed by atoms with Gasteiger partial charge in [0.1, 0.15) is 0 Å². The fourth-order valence-corrected chi connectivity index (χ4v) is 5.41. The summed E-state index contributed by atoms with van der Waals surface area (Å²) in [6.45, 7) is 8.64. The predicted octanol–water partition coefficient (Wildman–Crippen LogP) is 3.27. The molecule has 0 saturated carbocycles. The molecule has 3 saturated heterocycles. The van der Waals surface area contributed by atoms with Gasteiger partial charge in [-0.2, -0.15) is 0 Å². The average molecular weight is 420 g/mol. The summed E-state index contributed by atoms with van der Waals surface area (Å²) in [5.41, 5.74) is 1.20. The minimum Gasteiger partial charge on any atom is -0.379 e. The minimum atomic E-state index is 0.353. The summed E-state index contributed by atoms with van der Waals surface area (Å²) in [5, 5.41) is 0.851. The highest BCUT2D eigenvalue weighted by molar-refractivity contribution is 6.31. The summed E-state index contributed by atoms with van der Waals surface area (Å²) >= 11 is 6.41. The van der Waals surface area contributed by atoms with Crippen LogP contribution in [-0.4, -0.2) is 79.1 Å². The van der Waals surface area contributed by atoms with E-state index in [1.165, 1.54) is 5.56 Å². The second-order valence-corrected chi connectivity index (χ2v) is 9.12. The van der Waals surface area contributed by atoms with Gasteiger partial charge in [0.15, 0.2) is 0 Å². The van der Waals surface area contributed by atoms with Crippen LogP contribution in [0.25, 0.3) is 0 Å². The van der Waals surface area contributed by atoms with Crippen molar-refractivity contribution in [3.63, 3.8) is 0 Å². The quantitative estimate of drug-likeness (QED) is 0.709. The lowest BCUT2D eigenvalue weighted by atomic mass is 9.86. The highest BCUT2D eigenvalue weighted by Crippen LogP contribution is 2.29. The first-order valence-corrected chi connectivity index (χ1v) is 11.6. The number of carbonyl (C=O) groups is 1. The second-order valence-electron chi connectivity index (χ2n) is 8.72. The molecule has 0 aromatic heterocycles. The Morgan fingerprint density at radius 1 is 1.07 bits per heavy atom. The summed E-state index contributed by atoms with van der Waals surface area (Å²) < 4.78 is 5.58. The molecular formula is C23H34ClN3O2. The molecule has 3 fully saturated rings. The summed E-state index contributed by atoms with van der Waals surface area (Å²) in [7, 11) is 0. The van der Waals surface area contributed by atoms with Gasteiger partial charge in [0.25, 0.3) is 0 Å². The Labute approximate surface area is 179 Å². The molecule has 0 unspecified atom stereocenters. The maximum absolute atomic E-state index is 12.6. The number of carbonyl (C=O) groups excluding carboxylic acids is 1. The van der Waals surface area contributed by atoms with Crippen molar-refractivity contribution in [1.82, 2.24) is 14.7 Å². The Hall–Kier alpha value is -1.14. The molecule has 3 heterocycles. The molecule has 4 rings (SSSR count). The van der Waals surface area contributed by atoms with Crippen molar-refractivity contribution < 1.29 is 9.53 Å². The third kappa shape index (κ3) is 5.52. The third-order valence-electron chi connectivity index (χ3n) is 6.83. The van der Waals surface area contributed by atoms with E-state index in [2.05, 4.69) is 26.8 Å². The van der Waals surface area contributed by atoms with Gasteiger partial charge in [-0.3, -0.25) is 14.6 Å². The molecule has 0 spiro atoms. The number of amides is 1. The first-order chi connectivity index (χ1) is 14.2. The van der Waals surface area contributed by atoms with Crippen molar-refractivity contribution in [2.75, 3.05) is 52.5 Å². The summed E-state index contributed by atoms with van der Waals surface area (Å²) in [6.07, 6.45) is 5.16. The van der Waals surface area contributed by atoms with Crippen LogP contribution in [0.15, 0.2) is 24.3 Å². The van der Waals surface area contributed by atoms with Gasteiger partial charge in [-0.15, -0.1) is 0 Å². The first kappa shape index (κ1) is 21.1. The Bertz CT molecular complexity index is 674. The van der Waals surface area contributed by atoms with Crippen molar-refractivity contribution in [2.24, 2.45) is 5.92 Å². The van der Waals surface area contributed by atoms with Crippen molar-refractivity contribution in [2.45, 2.75) is 44.7 Å². The molecule has 6 heteroatoms. The number of halogens is 1. The number of nitrogens with zero attached hydrogens (tertiary/aromatic N) is 3. The van der Waals surface area contributed by atoms with E-state index in [4.69, 9.17) is 16.3 Å². The van der Waals surface area contributed by atoms with E-state index < -0.39 is 0 Å². The maximum atomic E-state index is 12.6. The van der Waals surface area contributed by atoms with Gasteiger partial charge >= 0.3 is 0 Å². The zero-order valence-corrected chi connectivity index (χ0v) is 18.2. The van der Waals surface area contributed by atoms with Crippen LogP contribution in [0.3, 0.4) is 0 Å². The molecule has 29 heavy (non-hydrogen) atoms. The minimum absolute atomic E-state index is 0.353. The number of hydrogen-bond donors (Lipinski definition) is 0. The van der Waals surface area contributed by atoms with E-state index in [0.29, 0.717) is 24.3 Å². The number of rotatable bonds is 6. The number of benzene rings is 1. The van der Waals surface area contributed by atoms with Crippen LogP contribution >= 0.6 is 11.6 Å². The Morgan fingerprint density at radius 3 is 2.59 bits per heavy atom. The molecule has 1 aromatic carbocycles. The normalized spacial score (nSPS) is 26.7. The standard InChI is InChI=1S/C23H34ClN3O2/c24-21-6-2-1-5-19(21)17-25-12-9-22(26-13-15-29-16-14-26)20(18-25)7-8-23(28)27-10-3-4-11-27/h1-2,5-6,20,22H,3-4,7-18H2/t20-,22+/m0/s1. The zero-order valence-electron chi connectivity index (χ0n) is 17.4. The second kappa shape index (κ2) is 10.3. The van der Waals surface area contributed by atoms with E-state index >= 15 is 0 Å². The Morgan fingerprint density at radius 2 is 1.83 bits per heavy atom. The fourth-order valence-electron chi connectivity index (χ4n) is 5.21. The van der Waals surface area contributed by atoms with Gasteiger partial charge < -0.3 is 9.64 Å². The van der Waals surface area contributed by atoms with Crippen LogP contribution in [0, 0.1) is 5.92 Å². The summed E-state index contributed by atoms with van der Waals surface area (Å²) in [6, 6.07) is 8.72. The topological polar surface area (TPSA) is 36.0 Å². The van der Waals surface area contributed by atoms with Crippen molar-refractivity contribution >= 4 is 17.5 Å². The van der Waals surface area contributed by atoms with Gasteiger partial charge in [0.05, 0.1) is 13.2 Å². The number of likely N-dealkylation sites (tertiary alicyclic amines) is 2. The summed E-state index contributed by atoms with van der Waals surface area (Å²) in [4.78, 5) is 19.9. The number of hydrogen-bond acceptors (Lipinski definition) is 4. The van der Waals surface area contributed by atoms with E-state index in [-0.39, 0.29) is 0 Å². The summed E-state index contributed by atoms with van der Waals surface area (Å²) in [5.74, 6) is 0.877. The highest BCUT2D eigenvalue weighted by Gasteiger charge is 2.34. The van der Waals surface area contributed by atoms with Crippen LogP contribution in [0.5, 0.6) is 0 Å². The van der Waals surface area contributed by atoms with E-state index in [1.807, 2.05) is 12.1 Å². The molecule has 0 aliphatic carbocycles. The smallest absolute Gasteiger partial charge is 0.222 e. The molecule has 0 N–H and O–H groups in total. The van der Waals surface area contributed by atoms with Crippen molar-refractivity contribution in [3.05, 3.63) is 34.9 Å². The van der Waals surface area contributed by atoms with Gasteiger partial charge in [-0.05, 0) is 49.8 Å². The lowest BCUT2D eigenvalue weighted by Gasteiger charge is -2.45. The van der Waals surface area contributed by atoms with Gasteiger partial charge in [0, 0.05) is 56.8 Å². The molecule has 5 nitrogen and oxygen atoms in total. The predicted molar refractivity (Wildman–Crippen MR) is 116 cm³/mol. The van der Waals surface area contributed by atoms with Crippen LogP contribution in [0.2, 0.25) is 5.02 Å². The Balaban J connectivity index is 1.39. The average Bonchev–Trinajstić information content (AvgIpc) is 3.29. The van der Waals surface area contributed by atoms with Gasteiger partial charge in [-0.25, -0.2) is 0 Å². The van der Waals surface area contributed by atoms with Gasteiger partial charge in [-0.1, -0.05) is 29.8 Å². The van der Waals surface area contributed by atoms with Crippen LogP contribution in [-0.2, 0) is 16.1 Å². The maximum Gasteiger partial charge on any atom is 0.222 e. The monoisotopic (exact) mass is 419 g/mol. The molecule has 2 atom stereocenters. The largest absolute Gasteiger partial charge is 0.379 e. The zero-order chi connectivity index (χ0) is 20.1. The lowest BCUT2D eigenvalue weighted by Crippen LogP contribution is -2.54. The van der Waals surface area contributed by atoms with Crippen LogP contribution < -0.4 is 0 Å².